The molecule has 27 heavy (non-hydrogen) atoms. The van der Waals surface area contributed by atoms with E-state index in [2.05, 4.69) is 10.6 Å². The van der Waals surface area contributed by atoms with Crippen LogP contribution in [0.1, 0.15) is 5.69 Å². The quantitative estimate of drug-likeness (QED) is 0.703. The van der Waals surface area contributed by atoms with Crippen molar-refractivity contribution in [1.29, 1.82) is 0 Å². The van der Waals surface area contributed by atoms with Crippen molar-refractivity contribution in [2.45, 2.75) is 6.92 Å². The first kappa shape index (κ1) is 18.3. The summed E-state index contributed by atoms with van der Waals surface area (Å²) in [5.41, 5.74) is 2.23. The highest BCUT2D eigenvalue weighted by atomic mass is 16.5. The van der Waals surface area contributed by atoms with Gasteiger partial charge in [0.05, 0.1) is 25.0 Å². The molecule has 2 N–H and O–H groups in total. The van der Waals surface area contributed by atoms with Crippen LogP contribution in [0.3, 0.4) is 0 Å². The molecule has 1 heterocycles. The SMILES string of the molecule is COc1ccc(NCC(=O)Nc2c(C)n(C)n(-c3ccccc3)c2=O)cc1. The largest absolute Gasteiger partial charge is 0.497 e. The van der Waals surface area contributed by atoms with Crippen LogP contribution in [-0.2, 0) is 11.8 Å². The number of amides is 1. The summed E-state index contributed by atoms with van der Waals surface area (Å²) in [6, 6.07) is 16.6. The normalized spacial score (nSPS) is 10.5. The predicted octanol–water partition coefficient (Wildman–Crippen LogP) is 2.54. The van der Waals surface area contributed by atoms with Gasteiger partial charge in [0, 0.05) is 12.7 Å². The van der Waals surface area contributed by atoms with Gasteiger partial charge in [0.15, 0.2) is 0 Å². The molecule has 2 aromatic carbocycles. The molecular formula is C20H22N4O3. The number of methoxy groups -OCH3 is 1. The lowest BCUT2D eigenvalue weighted by atomic mass is 10.3. The van der Waals surface area contributed by atoms with Crippen molar-refractivity contribution in [3.63, 3.8) is 0 Å². The van der Waals surface area contributed by atoms with Gasteiger partial charge in [0.1, 0.15) is 11.4 Å². The van der Waals surface area contributed by atoms with Crippen LogP contribution in [0.25, 0.3) is 5.69 Å². The third-order valence-electron chi connectivity index (χ3n) is 4.36. The summed E-state index contributed by atoms with van der Waals surface area (Å²) in [6.07, 6.45) is 0. The van der Waals surface area contributed by atoms with Crippen molar-refractivity contribution in [2.75, 3.05) is 24.3 Å². The van der Waals surface area contributed by atoms with E-state index < -0.39 is 0 Å². The molecule has 7 nitrogen and oxygen atoms in total. The van der Waals surface area contributed by atoms with Crippen LogP contribution in [0.2, 0.25) is 0 Å². The zero-order valence-electron chi connectivity index (χ0n) is 15.5. The van der Waals surface area contributed by atoms with Gasteiger partial charge in [-0.25, -0.2) is 4.68 Å². The standard InChI is InChI=1S/C20H22N4O3/c1-14-19(20(26)24(23(14)2)16-7-5-4-6-8-16)22-18(25)13-21-15-9-11-17(27-3)12-10-15/h4-12,21H,13H2,1-3H3,(H,22,25). The molecule has 1 aromatic heterocycles. The zero-order chi connectivity index (χ0) is 19.4. The number of ether oxygens (including phenoxy) is 1. The molecule has 3 rings (SSSR count). The van der Waals surface area contributed by atoms with E-state index in [0.29, 0.717) is 5.69 Å². The second kappa shape index (κ2) is 7.82. The Hall–Kier alpha value is -3.48. The Balaban J connectivity index is 1.73. The van der Waals surface area contributed by atoms with Gasteiger partial charge in [-0.2, -0.15) is 0 Å². The average molecular weight is 366 g/mol. The second-order valence-corrected chi connectivity index (χ2v) is 6.07. The molecule has 0 aliphatic rings. The number of carbonyl (C=O) groups is 1. The number of nitrogens with one attached hydrogen (secondary N) is 2. The highest BCUT2D eigenvalue weighted by Crippen LogP contribution is 2.16. The highest BCUT2D eigenvalue weighted by Gasteiger charge is 2.17. The number of hydrogen-bond donors (Lipinski definition) is 2. The highest BCUT2D eigenvalue weighted by molar-refractivity contribution is 5.94. The average Bonchev–Trinajstić information content (AvgIpc) is 2.90. The lowest BCUT2D eigenvalue weighted by Gasteiger charge is -2.08. The Morgan fingerprint density at radius 3 is 2.37 bits per heavy atom. The summed E-state index contributed by atoms with van der Waals surface area (Å²) in [4.78, 5) is 25.1. The van der Waals surface area contributed by atoms with Crippen LogP contribution >= 0.6 is 0 Å². The zero-order valence-corrected chi connectivity index (χ0v) is 15.5. The molecule has 0 aliphatic carbocycles. The number of para-hydroxylation sites is 1. The minimum absolute atomic E-state index is 0.0471. The maximum absolute atomic E-state index is 12.8. The first-order chi connectivity index (χ1) is 13.0. The van der Waals surface area contributed by atoms with Crippen LogP contribution in [-0.4, -0.2) is 28.9 Å². The fourth-order valence-electron chi connectivity index (χ4n) is 2.79. The number of rotatable bonds is 6. The molecule has 0 radical (unpaired) electrons. The number of anilines is 2. The Morgan fingerprint density at radius 1 is 1.07 bits per heavy atom. The molecular weight excluding hydrogens is 344 g/mol. The molecule has 0 saturated carbocycles. The lowest BCUT2D eigenvalue weighted by Crippen LogP contribution is -2.26. The third kappa shape index (κ3) is 3.87. The van der Waals surface area contributed by atoms with Gasteiger partial charge < -0.3 is 15.4 Å². The number of aromatic nitrogens is 2. The van der Waals surface area contributed by atoms with Gasteiger partial charge >= 0.3 is 0 Å². The number of nitrogens with zero attached hydrogens (tertiary/aromatic N) is 2. The van der Waals surface area contributed by atoms with E-state index in [1.807, 2.05) is 42.5 Å². The molecule has 0 fully saturated rings. The summed E-state index contributed by atoms with van der Waals surface area (Å²) in [6.45, 7) is 1.85. The van der Waals surface area contributed by atoms with E-state index in [-0.39, 0.29) is 23.7 Å². The van der Waals surface area contributed by atoms with Crippen LogP contribution in [0.15, 0.2) is 59.4 Å². The Bertz CT molecular complexity index is 989. The second-order valence-electron chi connectivity index (χ2n) is 6.07. The van der Waals surface area contributed by atoms with E-state index in [1.165, 1.54) is 4.68 Å². The van der Waals surface area contributed by atoms with E-state index in [4.69, 9.17) is 4.74 Å². The van der Waals surface area contributed by atoms with Gasteiger partial charge in [0.25, 0.3) is 5.56 Å². The molecule has 0 saturated heterocycles. The van der Waals surface area contributed by atoms with Crippen LogP contribution < -0.4 is 20.9 Å². The minimum Gasteiger partial charge on any atom is -0.497 e. The van der Waals surface area contributed by atoms with Crippen LogP contribution in [0.4, 0.5) is 11.4 Å². The van der Waals surface area contributed by atoms with Gasteiger partial charge in [-0.3, -0.25) is 14.3 Å². The number of hydrogen-bond acceptors (Lipinski definition) is 4. The maximum Gasteiger partial charge on any atom is 0.295 e. The predicted molar refractivity (Wildman–Crippen MR) is 106 cm³/mol. The molecule has 0 atom stereocenters. The van der Waals surface area contributed by atoms with Gasteiger partial charge in [-0.05, 0) is 43.3 Å². The first-order valence-corrected chi connectivity index (χ1v) is 8.53. The lowest BCUT2D eigenvalue weighted by molar-refractivity contribution is -0.114. The number of carbonyl (C=O) groups excluding carboxylic acids is 1. The molecule has 7 heteroatoms. The smallest absolute Gasteiger partial charge is 0.295 e. The van der Waals surface area contributed by atoms with Crippen molar-refractivity contribution >= 4 is 17.3 Å². The summed E-state index contributed by atoms with van der Waals surface area (Å²) in [5.74, 6) is 0.447. The monoisotopic (exact) mass is 366 g/mol. The molecule has 0 aliphatic heterocycles. The summed E-state index contributed by atoms with van der Waals surface area (Å²) in [7, 11) is 3.38. The van der Waals surface area contributed by atoms with E-state index in [1.54, 1.807) is 37.9 Å². The molecule has 140 valence electrons. The van der Waals surface area contributed by atoms with E-state index in [9.17, 15) is 9.59 Å². The topological polar surface area (TPSA) is 77.3 Å². The Morgan fingerprint density at radius 2 is 1.74 bits per heavy atom. The van der Waals surface area contributed by atoms with Crippen molar-refractivity contribution in [2.24, 2.45) is 7.05 Å². The van der Waals surface area contributed by atoms with E-state index in [0.717, 1.165) is 17.1 Å². The van der Waals surface area contributed by atoms with Crippen molar-refractivity contribution in [1.82, 2.24) is 9.36 Å². The summed E-state index contributed by atoms with van der Waals surface area (Å²) in [5, 5.41) is 5.75. The van der Waals surface area contributed by atoms with Gasteiger partial charge in [-0.1, -0.05) is 18.2 Å². The molecule has 0 bridgehead atoms. The fraction of sp³-hybridized carbons (Fsp3) is 0.200. The van der Waals surface area contributed by atoms with Crippen molar-refractivity contribution in [3.05, 3.63) is 70.6 Å². The maximum atomic E-state index is 12.8. The molecule has 0 spiro atoms. The van der Waals surface area contributed by atoms with Crippen molar-refractivity contribution in [3.8, 4) is 11.4 Å². The molecule has 3 aromatic rings. The number of benzene rings is 2. The Labute approximate surface area is 157 Å². The summed E-state index contributed by atoms with van der Waals surface area (Å²) >= 11 is 0. The van der Waals surface area contributed by atoms with Crippen molar-refractivity contribution < 1.29 is 9.53 Å². The Kier molecular flexibility index (Phi) is 5.30. The summed E-state index contributed by atoms with van der Waals surface area (Å²) < 4.78 is 8.36. The van der Waals surface area contributed by atoms with Gasteiger partial charge in [-0.15, -0.1) is 0 Å². The van der Waals surface area contributed by atoms with E-state index >= 15 is 0 Å². The molecule has 0 unspecified atom stereocenters. The van der Waals surface area contributed by atoms with Gasteiger partial charge in [0.2, 0.25) is 5.91 Å². The van der Waals surface area contributed by atoms with Crippen LogP contribution in [0, 0.1) is 6.92 Å². The third-order valence-corrected chi connectivity index (χ3v) is 4.36. The minimum atomic E-state index is -0.295. The van der Waals surface area contributed by atoms with Crippen LogP contribution in [0.5, 0.6) is 5.75 Å². The molecule has 1 amide bonds. The fourth-order valence-corrected chi connectivity index (χ4v) is 2.79. The first-order valence-electron chi connectivity index (χ1n) is 8.53.